The number of nitrogens with zero attached hydrogens (tertiary/aromatic N) is 1. The zero-order valence-electron chi connectivity index (χ0n) is 12.1. The van der Waals surface area contributed by atoms with Crippen molar-refractivity contribution >= 4 is 17.2 Å². The van der Waals surface area contributed by atoms with Gasteiger partial charge in [0.25, 0.3) is 0 Å². The van der Waals surface area contributed by atoms with Gasteiger partial charge >= 0.3 is 0 Å². The van der Waals surface area contributed by atoms with Crippen molar-refractivity contribution in [2.75, 3.05) is 32.8 Å². The van der Waals surface area contributed by atoms with Crippen LogP contribution in [0, 0.1) is 5.41 Å². The highest BCUT2D eigenvalue weighted by Crippen LogP contribution is 2.31. The highest BCUT2D eigenvalue weighted by Gasteiger charge is 2.40. The van der Waals surface area contributed by atoms with Crippen LogP contribution in [0.25, 0.3) is 0 Å². The number of amides is 1. The molecule has 1 saturated heterocycles. The van der Waals surface area contributed by atoms with Crippen LogP contribution in [0.15, 0.2) is 17.5 Å². The summed E-state index contributed by atoms with van der Waals surface area (Å²) in [5, 5.41) is 2.08. The highest BCUT2D eigenvalue weighted by atomic mass is 32.1. The first-order valence-electron chi connectivity index (χ1n) is 7.31. The molecule has 0 spiro atoms. The molecule has 1 aromatic rings. The van der Waals surface area contributed by atoms with Crippen LogP contribution in [-0.4, -0.2) is 43.7 Å². The molecule has 0 bridgehead atoms. The maximum absolute atomic E-state index is 12.8. The van der Waals surface area contributed by atoms with E-state index in [1.54, 1.807) is 11.3 Å². The van der Waals surface area contributed by atoms with Crippen molar-refractivity contribution in [3.05, 3.63) is 22.4 Å². The van der Waals surface area contributed by atoms with Crippen molar-refractivity contribution in [3.63, 3.8) is 0 Å². The lowest BCUT2D eigenvalue weighted by molar-refractivity contribution is -0.147. The van der Waals surface area contributed by atoms with E-state index in [1.165, 1.54) is 4.88 Å². The third kappa shape index (κ3) is 3.40. The molecule has 1 amide bonds. The van der Waals surface area contributed by atoms with E-state index < -0.39 is 5.41 Å². The fraction of sp³-hybridized carbons (Fsp3) is 0.667. The predicted molar refractivity (Wildman–Crippen MR) is 81.8 cm³/mol. The first-order valence-corrected chi connectivity index (χ1v) is 8.19. The number of hydrogen-bond donors (Lipinski definition) is 1. The van der Waals surface area contributed by atoms with Crippen LogP contribution in [0.1, 0.15) is 24.6 Å². The Morgan fingerprint density at radius 1 is 1.50 bits per heavy atom. The van der Waals surface area contributed by atoms with Gasteiger partial charge in [-0.2, -0.15) is 0 Å². The molecule has 5 heteroatoms. The summed E-state index contributed by atoms with van der Waals surface area (Å²) in [4.78, 5) is 16.1. The van der Waals surface area contributed by atoms with E-state index in [2.05, 4.69) is 17.5 Å². The Hall–Kier alpha value is -0.910. The van der Waals surface area contributed by atoms with E-state index in [1.807, 2.05) is 11.8 Å². The van der Waals surface area contributed by atoms with Crippen molar-refractivity contribution in [2.45, 2.75) is 26.2 Å². The average Bonchev–Trinajstić information content (AvgIpc) is 3.01. The fourth-order valence-corrected chi connectivity index (χ4v) is 3.40. The summed E-state index contributed by atoms with van der Waals surface area (Å²) < 4.78 is 5.38. The SMILES string of the molecule is CCN(CCc1cccs1)C(=O)C1(CN)CCOCC1. The van der Waals surface area contributed by atoms with Gasteiger partial charge in [-0.05, 0) is 37.6 Å². The van der Waals surface area contributed by atoms with Gasteiger partial charge in [0.2, 0.25) is 5.91 Å². The molecule has 1 aliphatic heterocycles. The largest absolute Gasteiger partial charge is 0.381 e. The van der Waals surface area contributed by atoms with E-state index in [0.29, 0.717) is 19.8 Å². The van der Waals surface area contributed by atoms with Crippen molar-refractivity contribution in [2.24, 2.45) is 11.1 Å². The summed E-state index contributed by atoms with van der Waals surface area (Å²) in [5.74, 6) is 0.211. The van der Waals surface area contributed by atoms with E-state index >= 15 is 0 Å². The van der Waals surface area contributed by atoms with Crippen molar-refractivity contribution in [1.82, 2.24) is 4.90 Å². The zero-order valence-corrected chi connectivity index (χ0v) is 13.0. The molecule has 1 fully saturated rings. The minimum Gasteiger partial charge on any atom is -0.381 e. The lowest BCUT2D eigenvalue weighted by atomic mass is 9.79. The van der Waals surface area contributed by atoms with Crippen LogP contribution >= 0.6 is 11.3 Å². The summed E-state index contributed by atoms with van der Waals surface area (Å²) >= 11 is 1.74. The van der Waals surface area contributed by atoms with Crippen LogP contribution in [0.5, 0.6) is 0 Å². The first-order chi connectivity index (χ1) is 9.72. The number of ether oxygens (including phenoxy) is 1. The van der Waals surface area contributed by atoms with E-state index in [-0.39, 0.29) is 5.91 Å². The van der Waals surface area contributed by atoms with Gasteiger partial charge in [-0.3, -0.25) is 4.79 Å². The van der Waals surface area contributed by atoms with E-state index in [9.17, 15) is 4.79 Å². The smallest absolute Gasteiger partial charge is 0.230 e. The lowest BCUT2D eigenvalue weighted by Crippen LogP contribution is -2.51. The molecule has 20 heavy (non-hydrogen) atoms. The van der Waals surface area contributed by atoms with Crippen molar-refractivity contribution in [3.8, 4) is 0 Å². The number of nitrogens with two attached hydrogens (primary N) is 1. The molecule has 4 nitrogen and oxygen atoms in total. The van der Waals surface area contributed by atoms with Crippen LogP contribution in [0.2, 0.25) is 0 Å². The molecule has 112 valence electrons. The second-order valence-corrected chi connectivity index (χ2v) is 6.34. The number of rotatable bonds is 6. The summed E-state index contributed by atoms with van der Waals surface area (Å²) in [6.07, 6.45) is 2.42. The maximum atomic E-state index is 12.8. The first kappa shape index (κ1) is 15.5. The molecule has 0 radical (unpaired) electrons. The zero-order chi connectivity index (χ0) is 14.4. The number of carbonyl (C=O) groups excluding carboxylic acids is 1. The van der Waals surface area contributed by atoms with Gasteiger partial charge in [0.15, 0.2) is 0 Å². The molecule has 2 N–H and O–H groups in total. The van der Waals surface area contributed by atoms with Crippen LogP contribution < -0.4 is 5.73 Å². The quantitative estimate of drug-likeness (QED) is 0.872. The molecule has 1 aromatic heterocycles. The third-order valence-corrected chi connectivity index (χ3v) is 5.11. The van der Waals surface area contributed by atoms with E-state index in [4.69, 9.17) is 10.5 Å². The minimum absolute atomic E-state index is 0.211. The van der Waals surface area contributed by atoms with Crippen molar-refractivity contribution < 1.29 is 9.53 Å². The molecule has 2 heterocycles. The number of carbonyl (C=O) groups is 1. The topological polar surface area (TPSA) is 55.6 Å². The number of likely N-dealkylation sites (N-methyl/N-ethyl adjacent to an activating group) is 1. The fourth-order valence-electron chi connectivity index (χ4n) is 2.71. The van der Waals surface area contributed by atoms with Crippen LogP contribution in [0.3, 0.4) is 0 Å². The van der Waals surface area contributed by atoms with Crippen molar-refractivity contribution in [1.29, 1.82) is 0 Å². The molecule has 0 atom stereocenters. The summed E-state index contributed by atoms with van der Waals surface area (Å²) in [7, 11) is 0. The second-order valence-electron chi connectivity index (χ2n) is 5.31. The molecule has 1 aliphatic rings. The Morgan fingerprint density at radius 3 is 2.80 bits per heavy atom. The normalized spacial score (nSPS) is 17.9. The number of thiophene rings is 1. The molecule has 0 saturated carbocycles. The van der Waals surface area contributed by atoms with Gasteiger partial charge in [-0.25, -0.2) is 0 Å². The van der Waals surface area contributed by atoms with Gasteiger partial charge in [-0.1, -0.05) is 6.07 Å². The molecule has 2 rings (SSSR count). The lowest BCUT2D eigenvalue weighted by Gasteiger charge is -2.38. The minimum atomic E-state index is -0.399. The monoisotopic (exact) mass is 296 g/mol. The summed E-state index contributed by atoms with van der Waals surface area (Å²) in [5.41, 5.74) is 5.52. The van der Waals surface area contributed by atoms with Gasteiger partial charge in [0.1, 0.15) is 0 Å². The third-order valence-electron chi connectivity index (χ3n) is 4.17. The van der Waals surface area contributed by atoms with E-state index in [0.717, 1.165) is 32.4 Å². The predicted octanol–water partition coefficient (Wildman–Crippen LogP) is 1.89. The van der Waals surface area contributed by atoms with Crippen LogP contribution in [-0.2, 0) is 16.0 Å². The maximum Gasteiger partial charge on any atom is 0.230 e. The number of hydrogen-bond acceptors (Lipinski definition) is 4. The Labute approximate surface area is 124 Å². The Kier molecular flexibility index (Phi) is 5.57. The molecule has 0 aliphatic carbocycles. The Bertz CT molecular complexity index is 414. The highest BCUT2D eigenvalue weighted by molar-refractivity contribution is 7.09. The Morgan fingerprint density at radius 2 is 2.25 bits per heavy atom. The second kappa shape index (κ2) is 7.20. The van der Waals surface area contributed by atoms with Gasteiger partial charge in [-0.15, -0.1) is 11.3 Å². The summed E-state index contributed by atoms with van der Waals surface area (Å²) in [6.45, 7) is 5.27. The molecular weight excluding hydrogens is 272 g/mol. The van der Waals surface area contributed by atoms with Gasteiger partial charge in [0, 0.05) is 37.7 Å². The van der Waals surface area contributed by atoms with Gasteiger partial charge < -0.3 is 15.4 Å². The molecular formula is C15H24N2O2S. The standard InChI is InChI=1S/C15H24N2O2S/c1-2-17(8-5-13-4-3-11-20-13)14(18)15(12-16)6-9-19-10-7-15/h3-4,11H,2,5-10,12,16H2,1H3. The average molecular weight is 296 g/mol. The molecule has 0 unspecified atom stereocenters. The van der Waals surface area contributed by atoms with Crippen LogP contribution in [0.4, 0.5) is 0 Å². The summed E-state index contributed by atoms with van der Waals surface area (Å²) in [6, 6.07) is 4.17. The molecule has 0 aromatic carbocycles. The Balaban J connectivity index is 1.99. The van der Waals surface area contributed by atoms with Gasteiger partial charge in [0.05, 0.1) is 5.41 Å².